The summed E-state index contributed by atoms with van der Waals surface area (Å²) in [6.07, 6.45) is 1.08. The number of hydrogen-bond acceptors (Lipinski definition) is 5. The van der Waals surface area contributed by atoms with Gasteiger partial charge in [0.2, 0.25) is 10.9 Å². The number of imide groups is 1. The molecule has 2 amide bonds. The molecule has 1 heterocycles. The van der Waals surface area contributed by atoms with Crippen molar-refractivity contribution in [1.29, 1.82) is 0 Å². The summed E-state index contributed by atoms with van der Waals surface area (Å²) in [5.41, 5.74) is 0.442. The molecule has 1 aliphatic heterocycles. The summed E-state index contributed by atoms with van der Waals surface area (Å²) in [5.74, 6) is -0.219. The van der Waals surface area contributed by atoms with E-state index in [-0.39, 0.29) is 24.8 Å². The Balaban J connectivity index is 1.68. The molecule has 0 aromatic heterocycles. The summed E-state index contributed by atoms with van der Waals surface area (Å²) in [6.45, 7) is 4.86. The maximum Gasteiger partial charge on any atom is 0.261 e. The number of fused-ring (bicyclic) bond motifs is 1. The predicted octanol–water partition coefficient (Wildman–Crippen LogP) is 1.58. The van der Waals surface area contributed by atoms with Gasteiger partial charge in [-0.2, -0.15) is 0 Å². The second kappa shape index (κ2) is 6.63. The van der Waals surface area contributed by atoms with Crippen LogP contribution in [0.2, 0.25) is 0 Å². The van der Waals surface area contributed by atoms with Gasteiger partial charge in [-0.25, -0.2) is 0 Å². The molecule has 1 aliphatic rings. The van der Waals surface area contributed by atoms with Gasteiger partial charge >= 0.3 is 0 Å². The predicted molar refractivity (Wildman–Crippen MR) is 94.8 cm³/mol. The summed E-state index contributed by atoms with van der Waals surface area (Å²) in [4.78, 5) is 49.3. The molecule has 130 valence electrons. The molecule has 6 heteroatoms. The molecular weight excluding hydrogens is 320 g/mol. The van der Waals surface area contributed by atoms with Gasteiger partial charge in [-0.15, -0.1) is 0 Å². The Morgan fingerprint density at radius 2 is 1.56 bits per heavy atom. The number of hydrogen-bond donors (Lipinski definition) is 1. The van der Waals surface area contributed by atoms with Gasteiger partial charge in [-0.3, -0.25) is 24.1 Å². The molecule has 0 saturated carbocycles. The van der Waals surface area contributed by atoms with E-state index in [4.69, 9.17) is 0 Å². The van der Waals surface area contributed by atoms with E-state index >= 15 is 0 Å². The zero-order valence-corrected chi connectivity index (χ0v) is 14.3. The maximum absolute atomic E-state index is 12.3. The molecule has 0 radical (unpaired) electrons. The fourth-order valence-corrected chi connectivity index (χ4v) is 3.02. The molecule has 2 aromatic carbocycles. The van der Waals surface area contributed by atoms with E-state index < -0.39 is 10.9 Å². The first-order valence-electron chi connectivity index (χ1n) is 8.43. The summed E-state index contributed by atoms with van der Waals surface area (Å²) >= 11 is 0. The van der Waals surface area contributed by atoms with Crippen LogP contribution in [0.15, 0.2) is 33.9 Å². The van der Waals surface area contributed by atoms with Crippen LogP contribution >= 0.6 is 0 Å². The molecule has 25 heavy (non-hydrogen) atoms. The van der Waals surface area contributed by atoms with E-state index in [1.807, 2.05) is 0 Å². The first-order valence-corrected chi connectivity index (χ1v) is 8.43. The second-order valence-corrected chi connectivity index (χ2v) is 6.68. The number of rotatable bonds is 7. The molecule has 0 atom stereocenters. The number of benzene rings is 1. The standard InChI is InChI=1S/C19H20N2O4/c1-11(2)7-9-20-15-14(16(22)17(15)23)8-10-21-18(24)12-5-3-4-6-13(12)19(21)25/h3-6,11,20H,7-10H2,1-2H3. The van der Waals surface area contributed by atoms with Gasteiger partial charge in [-0.1, -0.05) is 26.0 Å². The fourth-order valence-electron chi connectivity index (χ4n) is 3.02. The lowest BCUT2D eigenvalue weighted by Gasteiger charge is -2.17. The van der Waals surface area contributed by atoms with Crippen LogP contribution in [-0.4, -0.2) is 29.8 Å². The zero-order chi connectivity index (χ0) is 18.1. The molecule has 0 fully saturated rings. The van der Waals surface area contributed by atoms with Gasteiger partial charge in [0.1, 0.15) is 0 Å². The average molecular weight is 340 g/mol. The SMILES string of the molecule is CC(C)CCNc1c(CCN2C(=O)c3ccccc3C2=O)c(=O)c1=O. The van der Waals surface area contributed by atoms with Gasteiger partial charge in [0.25, 0.3) is 11.8 Å². The number of carbonyl (C=O) groups excluding carboxylic acids is 2. The Labute approximate surface area is 145 Å². The lowest BCUT2D eigenvalue weighted by atomic mass is 10.0. The minimum absolute atomic E-state index is 0.0933. The monoisotopic (exact) mass is 340 g/mol. The summed E-state index contributed by atoms with van der Waals surface area (Å²) in [7, 11) is 0. The minimum Gasteiger partial charge on any atom is -0.381 e. The molecule has 2 aromatic rings. The first-order chi connectivity index (χ1) is 11.9. The van der Waals surface area contributed by atoms with Crippen molar-refractivity contribution in [1.82, 2.24) is 4.90 Å². The number of amides is 2. The zero-order valence-electron chi connectivity index (χ0n) is 14.3. The van der Waals surface area contributed by atoms with E-state index in [0.29, 0.717) is 34.8 Å². The summed E-state index contributed by atoms with van der Waals surface area (Å²) < 4.78 is 0. The number of anilines is 1. The highest BCUT2D eigenvalue weighted by atomic mass is 16.2. The molecule has 3 rings (SSSR count). The number of carbonyl (C=O) groups is 2. The Morgan fingerprint density at radius 3 is 2.12 bits per heavy atom. The first kappa shape index (κ1) is 17.1. The average Bonchev–Trinajstić information content (AvgIpc) is 2.84. The lowest BCUT2D eigenvalue weighted by Crippen LogP contribution is -2.41. The summed E-state index contributed by atoms with van der Waals surface area (Å²) in [6, 6.07) is 6.65. The molecule has 0 aliphatic carbocycles. The van der Waals surface area contributed by atoms with Gasteiger partial charge < -0.3 is 5.32 Å². The minimum atomic E-state index is -0.524. The van der Waals surface area contributed by atoms with Crippen LogP contribution in [0, 0.1) is 5.92 Å². The quantitative estimate of drug-likeness (QED) is 0.611. The lowest BCUT2D eigenvalue weighted by molar-refractivity contribution is 0.0656. The van der Waals surface area contributed by atoms with E-state index in [0.717, 1.165) is 11.3 Å². The Bertz CT molecular complexity index is 871. The highest BCUT2D eigenvalue weighted by Crippen LogP contribution is 2.23. The summed E-state index contributed by atoms with van der Waals surface area (Å²) in [5, 5.41) is 3.02. The van der Waals surface area contributed by atoms with Crippen LogP contribution in [0.5, 0.6) is 0 Å². The highest BCUT2D eigenvalue weighted by Gasteiger charge is 2.35. The van der Waals surface area contributed by atoms with E-state index in [2.05, 4.69) is 19.2 Å². The van der Waals surface area contributed by atoms with E-state index in [9.17, 15) is 19.2 Å². The van der Waals surface area contributed by atoms with Crippen molar-refractivity contribution in [2.45, 2.75) is 26.7 Å². The van der Waals surface area contributed by atoms with Crippen molar-refractivity contribution in [2.75, 3.05) is 18.4 Å². The molecule has 6 nitrogen and oxygen atoms in total. The maximum atomic E-state index is 12.3. The van der Waals surface area contributed by atoms with Crippen molar-refractivity contribution < 1.29 is 9.59 Å². The van der Waals surface area contributed by atoms with E-state index in [1.54, 1.807) is 24.3 Å². The van der Waals surface area contributed by atoms with E-state index in [1.165, 1.54) is 0 Å². The fraction of sp³-hybridized carbons (Fsp3) is 0.368. The highest BCUT2D eigenvalue weighted by molar-refractivity contribution is 6.21. The van der Waals surface area contributed by atoms with Crippen molar-refractivity contribution in [2.24, 2.45) is 5.92 Å². The van der Waals surface area contributed by atoms with Crippen LogP contribution in [0.25, 0.3) is 0 Å². The molecule has 0 unspecified atom stereocenters. The number of nitrogens with one attached hydrogen (secondary N) is 1. The third kappa shape index (κ3) is 2.99. The second-order valence-electron chi connectivity index (χ2n) is 6.68. The van der Waals surface area contributed by atoms with Crippen LogP contribution in [0.3, 0.4) is 0 Å². The van der Waals surface area contributed by atoms with Crippen molar-refractivity contribution in [3.8, 4) is 0 Å². The third-order valence-electron chi connectivity index (χ3n) is 4.50. The third-order valence-corrected chi connectivity index (χ3v) is 4.50. The molecule has 1 N–H and O–H groups in total. The van der Waals surface area contributed by atoms with Crippen LogP contribution < -0.4 is 16.2 Å². The van der Waals surface area contributed by atoms with Crippen molar-refractivity contribution >= 4 is 17.5 Å². The van der Waals surface area contributed by atoms with Crippen LogP contribution in [-0.2, 0) is 6.42 Å². The normalized spacial score (nSPS) is 13.8. The molecule has 0 saturated heterocycles. The van der Waals surface area contributed by atoms with Crippen molar-refractivity contribution in [3.63, 3.8) is 0 Å². The number of nitrogens with zero attached hydrogens (tertiary/aromatic N) is 1. The largest absolute Gasteiger partial charge is 0.381 e. The van der Waals surface area contributed by atoms with Crippen molar-refractivity contribution in [3.05, 3.63) is 61.4 Å². The molecule has 0 bridgehead atoms. The van der Waals surface area contributed by atoms with Crippen LogP contribution in [0.4, 0.5) is 5.69 Å². The van der Waals surface area contributed by atoms with Gasteiger partial charge in [0.05, 0.1) is 16.8 Å². The molecular formula is C19H20N2O4. The van der Waals surface area contributed by atoms with Gasteiger partial charge in [0, 0.05) is 18.7 Å². The smallest absolute Gasteiger partial charge is 0.261 e. The topological polar surface area (TPSA) is 83.6 Å². The van der Waals surface area contributed by atoms with Gasteiger partial charge in [0.15, 0.2) is 0 Å². The van der Waals surface area contributed by atoms with Crippen LogP contribution in [0.1, 0.15) is 46.5 Å². The Kier molecular flexibility index (Phi) is 4.53. The molecule has 0 spiro atoms. The van der Waals surface area contributed by atoms with Gasteiger partial charge in [-0.05, 0) is 30.9 Å². The Morgan fingerprint density at radius 1 is 0.960 bits per heavy atom. The Hall–Kier alpha value is -2.76.